The van der Waals surface area contributed by atoms with Crippen LogP contribution in [0, 0.1) is 0 Å². The highest BCUT2D eigenvalue weighted by molar-refractivity contribution is 6.39. The van der Waals surface area contributed by atoms with Gasteiger partial charge in [0.2, 0.25) is 5.91 Å². The largest absolute Gasteiger partial charge is 0.352 e. The van der Waals surface area contributed by atoms with Gasteiger partial charge >= 0.3 is 0 Å². The maximum Gasteiger partial charge on any atom is 0.273 e. The Morgan fingerprint density at radius 1 is 1.25 bits per heavy atom. The summed E-state index contributed by atoms with van der Waals surface area (Å²) >= 11 is 6.42. The molecule has 0 spiro atoms. The van der Waals surface area contributed by atoms with Gasteiger partial charge in [-0.05, 0) is 18.9 Å². The number of nitrogens with zero attached hydrogens (tertiary/aromatic N) is 3. The Morgan fingerprint density at radius 3 is 2.75 bits per heavy atom. The standard InChI is InChI=1S/C20H22ClN5O2/c1-25-16-9-5-4-8-15(16)18(21)19(25)20(28)24-14-10-22-26(11-14)12-17(27)23-13-6-2-3-7-13/h4-5,8-11,13H,2-3,6-7,12H2,1H3,(H,23,27)(H,24,28). The minimum absolute atomic E-state index is 0.0652. The van der Waals surface area contributed by atoms with Crippen molar-refractivity contribution in [3.63, 3.8) is 0 Å². The first-order valence-electron chi connectivity index (χ1n) is 9.39. The molecular formula is C20H22ClN5O2. The lowest BCUT2D eigenvalue weighted by molar-refractivity contribution is -0.122. The fourth-order valence-electron chi connectivity index (χ4n) is 3.79. The molecular weight excluding hydrogens is 378 g/mol. The van der Waals surface area contributed by atoms with Crippen molar-refractivity contribution in [3.8, 4) is 0 Å². The summed E-state index contributed by atoms with van der Waals surface area (Å²) in [5.41, 5.74) is 1.78. The first kappa shape index (κ1) is 18.6. The van der Waals surface area contributed by atoms with Crippen molar-refractivity contribution < 1.29 is 9.59 Å². The second-order valence-electron chi connectivity index (χ2n) is 7.17. The molecule has 2 aromatic heterocycles. The number of hydrogen-bond donors (Lipinski definition) is 2. The number of rotatable bonds is 5. The van der Waals surface area contributed by atoms with E-state index in [1.54, 1.807) is 17.8 Å². The molecule has 0 atom stereocenters. The minimum atomic E-state index is -0.321. The van der Waals surface area contributed by atoms with Crippen LogP contribution in [0.2, 0.25) is 5.02 Å². The topological polar surface area (TPSA) is 81.0 Å². The Bertz CT molecular complexity index is 994. The van der Waals surface area contributed by atoms with Crippen LogP contribution in [0.5, 0.6) is 0 Å². The molecule has 7 nitrogen and oxygen atoms in total. The van der Waals surface area contributed by atoms with Gasteiger partial charge in [0, 0.05) is 30.2 Å². The van der Waals surface area contributed by atoms with E-state index in [0.717, 1.165) is 23.7 Å². The van der Waals surface area contributed by atoms with Crippen LogP contribution >= 0.6 is 11.6 Å². The Morgan fingerprint density at radius 2 is 2.00 bits per heavy atom. The fraction of sp³-hybridized carbons (Fsp3) is 0.350. The quantitative estimate of drug-likeness (QED) is 0.690. The molecule has 0 unspecified atom stereocenters. The minimum Gasteiger partial charge on any atom is -0.352 e. The average molecular weight is 400 g/mol. The van der Waals surface area contributed by atoms with E-state index in [2.05, 4.69) is 15.7 Å². The summed E-state index contributed by atoms with van der Waals surface area (Å²) in [7, 11) is 1.81. The van der Waals surface area contributed by atoms with E-state index < -0.39 is 0 Å². The highest BCUT2D eigenvalue weighted by atomic mass is 35.5. The van der Waals surface area contributed by atoms with Gasteiger partial charge in [0.05, 0.1) is 16.9 Å². The SMILES string of the molecule is Cn1c(C(=O)Nc2cnn(CC(=O)NC3CCCC3)c2)c(Cl)c2ccccc21. The van der Waals surface area contributed by atoms with Gasteiger partial charge in [-0.15, -0.1) is 0 Å². The van der Waals surface area contributed by atoms with Crippen LogP contribution in [0.25, 0.3) is 10.9 Å². The molecule has 1 fully saturated rings. The first-order valence-corrected chi connectivity index (χ1v) is 9.77. The number of carbonyl (C=O) groups is 2. The third-order valence-electron chi connectivity index (χ3n) is 5.18. The number of benzene rings is 1. The number of aryl methyl sites for hydroxylation is 1. The van der Waals surface area contributed by atoms with Crippen molar-refractivity contribution in [1.29, 1.82) is 0 Å². The van der Waals surface area contributed by atoms with Crippen LogP contribution in [0.4, 0.5) is 5.69 Å². The van der Waals surface area contributed by atoms with Gasteiger partial charge in [-0.2, -0.15) is 5.10 Å². The second-order valence-corrected chi connectivity index (χ2v) is 7.55. The van der Waals surface area contributed by atoms with Crippen molar-refractivity contribution in [2.24, 2.45) is 7.05 Å². The summed E-state index contributed by atoms with van der Waals surface area (Å²) in [6.45, 7) is 0.126. The lowest BCUT2D eigenvalue weighted by atomic mass is 10.2. The molecule has 3 aromatic rings. The Kier molecular flexibility index (Phi) is 5.09. The van der Waals surface area contributed by atoms with E-state index in [4.69, 9.17) is 11.6 Å². The predicted octanol–water partition coefficient (Wildman–Crippen LogP) is 3.34. The average Bonchev–Trinajstić information content (AvgIpc) is 3.38. The number of amides is 2. The van der Waals surface area contributed by atoms with Crippen molar-refractivity contribution in [2.45, 2.75) is 38.3 Å². The maximum absolute atomic E-state index is 12.8. The summed E-state index contributed by atoms with van der Waals surface area (Å²) in [5.74, 6) is -0.386. The lowest BCUT2D eigenvalue weighted by Gasteiger charge is -2.11. The van der Waals surface area contributed by atoms with E-state index in [9.17, 15) is 9.59 Å². The van der Waals surface area contributed by atoms with E-state index in [1.165, 1.54) is 23.7 Å². The molecule has 8 heteroatoms. The van der Waals surface area contributed by atoms with Crippen LogP contribution in [0.15, 0.2) is 36.7 Å². The monoisotopic (exact) mass is 399 g/mol. The number of nitrogens with one attached hydrogen (secondary N) is 2. The first-order chi connectivity index (χ1) is 13.5. The number of hydrogen-bond acceptors (Lipinski definition) is 3. The molecule has 28 heavy (non-hydrogen) atoms. The van der Waals surface area contributed by atoms with E-state index in [1.807, 2.05) is 24.3 Å². The van der Waals surface area contributed by atoms with E-state index in [-0.39, 0.29) is 24.4 Å². The molecule has 1 aromatic carbocycles. The fourth-order valence-corrected chi connectivity index (χ4v) is 4.17. The van der Waals surface area contributed by atoms with Gasteiger partial charge in [0.1, 0.15) is 12.2 Å². The van der Waals surface area contributed by atoms with Crippen molar-refractivity contribution in [2.75, 3.05) is 5.32 Å². The third-order valence-corrected chi connectivity index (χ3v) is 5.56. The Hall–Kier alpha value is -2.80. The summed E-state index contributed by atoms with van der Waals surface area (Å²) in [5, 5.41) is 11.2. The molecule has 0 radical (unpaired) electrons. The van der Waals surface area contributed by atoms with Gasteiger partial charge < -0.3 is 15.2 Å². The number of aromatic nitrogens is 3. The van der Waals surface area contributed by atoms with Gasteiger partial charge in [-0.1, -0.05) is 42.6 Å². The summed E-state index contributed by atoms with van der Waals surface area (Å²) in [6, 6.07) is 7.86. The number of carbonyl (C=O) groups excluding carboxylic acids is 2. The Balaban J connectivity index is 1.44. The summed E-state index contributed by atoms with van der Waals surface area (Å²) in [4.78, 5) is 24.9. The molecule has 1 aliphatic rings. The van der Waals surface area contributed by atoms with Crippen molar-refractivity contribution in [3.05, 3.63) is 47.4 Å². The van der Waals surface area contributed by atoms with Crippen LogP contribution in [0.3, 0.4) is 0 Å². The van der Waals surface area contributed by atoms with Gasteiger partial charge in [0.15, 0.2) is 0 Å². The van der Waals surface area contributed by atoms with E-state index >= 15 is 0 Å². The molecule has 2 N–H and O–H groups in total. The molecule has 146 valence electrons. The molecule has 2 amide bonds. The summed E-state index contributed by atoms with van der Waals surface area (Å²) < 4.78 is 3.29. The lowest BCUT2D eigenvalue weighted by Crippen LogP contribution is -2.35. The van der Waals surface area contributed by atoms with Gasteiger partial charge in [-0.3, -0.25) is 14.3 Å². The third kappa shape index (κ3) is 3.62. The maximum atomic E-state index is 12.8. The number of halogens is 1. The Labute approximate surface area is 167 Å². The molecule has 0 aliphatic heterocycles. The van der Waals surface area contributed by atoms with Crippen LogP contribution in [-0.2, 0) is 18.4 Å². The zero-order valence-corrected chi connectivity index (χ0v) is 16.4. The van der Waals surface area contributed by atoms with Crippen LogP contribution in [-0.4, -0.2) is 32.2 Å². The molecule has 2 heterocycles. The van der Waals surface area contributed by atoms with Crippen LogP contribution < -0.4 is 10.6 Å². The van der Waals surface area contributed by atoms with Gasteiger partial charge in [-0.25, -0.2) is 0 Å². The molecule has 1 aliphatic carbocycles. The highest BCUT2D eigenvalue weighted by Gasteiger charge is 2.21. The van der Waals surface area contributed by atoms with Gasteiger partial charge in [0.25, 0.3) is 5.91 Å². The smallest absolute Gasteiger partial charge is 0.273 e. The molecule has 4 rings (SSSR count). The normalized spacial score (nSPS) is 14.5. The van der Waals surface area contributed by atoms with Crippen molar-refractivity contribution >= 4 is 40.0 Å². The zero-order valence-electron chi connectivity index (χ0n) is 15.6. The second kappa shape index (κ2) is 7.67. The van der Waals surface area contributed by atoms with Crippen molar-refractivity contribution in [1.82, 2.24) is 19.7 Å². The highest BCUT2D eigenvalue weighted by Crippen LogP contribution is 2.30. The summed E-state index contributed by atoms with van der Waals surface area (Å²) in [6.07, 6.45) is 7.58. The zero-order chi connectivity index (χ0) is 19.7. The van der Waals surface area contributed by atoms with E-state index in [0.29, 0.717) is 16.4 Å². The molecule has 0 saturated heterocycles. The number of para-hydroxylation sites is 1. The predicted molar refractivity (Wildman–Crippen MR) is 109 cm³/mol. The molecule has 0 bridgehead atoms. The number of anilines is 1. The van der Waals surface area contributed by atoms with Crippen LogP contribution in [0.1, 0.15) is 36.2 Å². The number of fused-ring (bicyclic) bond motifs is 1. The molecule has 1 saturated carbocycles.